The highest BCUT2D eigenvalue weighted by Crippen LogP contribution is 2.30. The maximum atomic E-state index is 5.92. The van der Waals surface area contributed by atoms with Crippen molar-refractivity contribution < 1.29 is 4.42 Å². The minimum absolute atomic E-state index is 0.691. The van der Waals surface area contributed by atoms with Crippen molar-refractivity contribution >= 4 is 22.9 Å². The summed E-state index contributed by atoms with van der Waals surface area (Å²) in [5.41, 5.74) is 5.37. The molecule has 1 aromatic heterocycles. The monoisotopic (exact) mass is 295 g/mol. The lowest BCUT2D eigenvalue weighted by molar-refractivity contribution is 0.619. The number of aromatic nitrogens is 1. The normalized spacial score (nSPS) is 10.9. The van der Waals surface area contributed by atoms with Crippen LogP contribution in [0.1, 0.15) is 11.1 Å². The van der Waals surface area contributed by atoms with E-state index >= 15 is 0 Å². The molecule has 0 unspecified atom stereocenters. The number of para-hydroxylation sites is 2. The Balaban J connectivity index is 2.15. The lowest BCUT2D eigenvalue weighted by Crippen LogP contribution is -1.95. The topological polar surface area (TPSA) is 26.0 Å². The first-order valence-electron chi connectivity index (χ1n) is 6.90. The third-order valence-electron chi connectivity index (χ3n) is 3.45. The minimum atomic E-state index is 0.691. The first-order valence-corrected chi connectivity index (χ1v) is 8.29. The van der Waals surface area contributed by atoms with Gasteiger partial charge in [0.1, 0.15) is 5.52 Å². The summed E-state index contributed by atoms with van der Waals surface area (Å²) in [5.74, 6) is 1.67. The average Bonchev–Trinajstić information content (AvgIpc) is 2.93. The van der Waals surface area contributed by atoms with Crippen molar-refractivity contribution in [3.63, 3.8) is 0 Å². The molecule has 0 amide bonds. The van der Waals surface area contributed by atoms with Crippen LogP contribution in [-0.4, -0.2) is 11.2 Å². The lowest BCUT2D eigenvalue weighted by atomic mass is 9.99. The van der Waals surface area contributed by atoms with Gasteiger partial charge in [-0.1, -0.05) is 30.3 Å². The van der Waals surface area contributed by atoms with Crippen LogP contribution in [0, 0.1) is 0 Å². The van der Waals surface area contributed by atoms with Gasteiger partial charge < -0.3 is 4.42 Å². The van der Waals surface area contributed by atoms with Crippen LogP contribution < -0.4 is 0 Å². The number of oxazole rings is 1. The zero-order valence-corrected chi connectivity index (χ0v) is 12.8. The molecule has 0 aliphatic carbocycles. The molecule has 106 valence electrons. The smallest absolute Gasteiger partial charge is 0.227 e. The van der Waals surface area contributed by atoms with Crippen molar-refractivity contribution in [2.45, 2.75) is 12.2 Å². The number of nitrogens with zero attached hydrogens (tertiary/aromatic N) is 1. The summed E-state index contributed by atoms with van der Waals surface area (Å²) in [5, 5.41) is 0. The number of fused-ring (bicyclic) bond motifs is 1. The second-order valence-corrected chi connectivity index (χ2v) is 5.72. The molecule has 0 saturated heterocycles. The van der Waals surface area contributed by atoms with Crippen LogP contribution in [0.2, 0.25) is 0 Å². The molecular formula is C18H17NOS. The van der Waals surface area contributed by atoms with Gasteiger partial charge in [-0.2, -0.15) is 11.8 Å². The molecule has 0 spiro atoms. The Labute approximate surface area is 128 Å². The maximum Gasteiger partial charge on any atom is 0.227 e. The molecule has 0 bridgehead atoms. The zero-order valence-electron chi connectivity index (χ0n) is 12.0. The summed E-state index contributed by atoms with van der Waals surface area (Å²) in [6.45, 7) is 3.88. The Hall–Kier alpha value is -2.00. The predicted octanol–water partition coefficient (Wildman–Crippen LogP) is 5.09. The van der Waals surface area contributed by atoms with Crippen molar-refractivity contribution in [1.29, 1.82) is 0 Å². The second-order valence-electron chi connectivity index (χ2n) is 4.86. The Morgan fingerprint density at radius 1 is 1.19 bits per heavy atom. The molecule has 0 aliphatic heterocycles. The van der Waals surface area contributed by atoms with Crippen LogP contribution in [0.5, 0.6) is 0 Å². The van der Waals surface area contributed by atoms with E-state index in [9.17, 15) is 0 Å². The highest BCUT2D eigenvalue weighted by molar-refractivity contribution is 7.97. The van der Waals surface area contributed by atoms with Gasteiger partial charge >= 0.3 is 0 Å². The van der Waals surface area contributed by atoms with Crippen molar-refractivity contribution in [2.75, 3.05) is 6.26 Å². The number of hydrogen-bond acceptors (Lipinski definition) is 3. The van der Waals surface area contributed by atoms with E-state index in [0.29, 0.717) is 5.89 Å². The molecule has 0 radical (unpaired) electrons. The van der Waals surface area contributed by atoms with Gasteiger partial charge in [0.05, 0.1) is 0 Å². The van der Waals surface area contributed by atoms with E-state index in [0.717, 1.165) is 28.8 Å². The minimum Gasteiger partial charge on any atom is -0.436 e. The summed E-state index contributed by atoms with van der Waals surface area (Å²) in [4.78, 5) is 4.62. The van der Waals surface area contributed by atoms with Gasteiger partial charge in [0.25, 0.3) is 0 Å². The molecule has 3 heteroatoms. The third-order valence-corrected chi connectivity index (χ3v) is 4.05. The summed E-state index contributed by atoms with van der Waals surface area (Å²) in [7, 11) is 0. The van der Waals surface area contributed by atoms with Gasteiger partial charge in [-0.15, -0.1) is 6.58 Å². The fourth-order valence-electron chi connectivity index (χ4n) is 2.50. The summed E-state index contributed by atoms with van der Waals surface area (Å²) >= 11 is 1.82. The first kappa shape index (κ1) is 14.0. The van der Waals surface area contributed by atoms with E-state index in [1.54, 1.807) is 0 Å². The quantitative estimate of drug-likeness (QED) is 0.613. The molecule has 1 heterocycles. The van der Waals surface area contributed by atoms with Crippen molar-refractivity contribution in [3.05, 3.63) is 66.2 Å². The van der Waals surface area contributed by atoms with Gasteiger partial charge in [0.15, 0.2) is 5.58 Å². The standard InChI is InChI=1S/C18H17NOS/c1-3-7-14-13(12-21-2)8-6-9-15(14)18-19-16-10-4-5-11-17(16)20-18/h3-6,8-11H,1,7,12H2,2H3. The number of hydrogen-bond donors (Lipinski definition) is 0. The first-order chi connectivity index (χ1) is 10.3. The summed E-state index contributed by atoms with van der Waals surface area (Å²) in [6, 6.07) is 14.2. The highest BCUT2D eigenvalue weighted by atomic mass is 32.2. The lowest BCUT2D eigenvalue weighted by Gasteiger charge is -2.10. The Kier molecular flexibility index (Phi) is 4.11. The molecule has 0 aliphatic rings. The van der Waals surface area contributed by atoms with Crippen molar-refractivity contribution in [1.82, 2.24) is 4.98 Å². The molecular weight excluding hydrogens is 278 g/mol. The van der Waals surface area contributed by atoms with Crippen LogP contribution in [0.3, 0.4) is 0 Å². The number of allylic oxidation sites excluding steroid dienone is 1. The SMILES string of the molecule is C=CCc1c(CSC)cccc1-c1nc2ccccc2o1. The van der Waals surface area contributed by atoms with Crippen LogP contribution in [0.15, 0.2) is 59.5 Å². The van der Waals surface area contributed by atoms with Crippen LogP contribution >= 0.6 is 11.8 Å². The highest BCUT2D eigenvalue weighted by Gasteiger charge is 2.14. The maximum absolute atomic E-state index is 5.92. The van der Waals surface area contributed by atoms with E-state index in [2.05, 4.69) is 36.0 Å². The van der Waals surface area contributed by atoms with E-state index in [-0.39, 0.29) is 0 Å². The number of benzene rings is 2. The largest absolute Gasteiger partial charge is 0.436 e. The fraction of sp³-hybridized carbons (Fsp3) is 0.167. The Morgan fingerprint density at radius 3 is 2.81 bits per heavy atom. The Bertz CT molecular complexity index is 743. The van der Waals surface area contributed by atoms with E-state index < -0.39 is 0 Å². The van der Waals surface area contributed by atoms with Crippen molar-refractivity contribution in [3.8, 4) is 11.5 Å². The molecule has 0 atom stereocenters. The van der Waals surface area contributed by atoms with Crippen LogP contribution in [0.25, 0.3) is 22.6 Å². The molecule has 3 rings (SSSR count). The van der Waals surface area contributed by atoms with Crippen molar-refractivity contribution in [2.24, 2.45) is 0 Å². The third kappa shape index (κ3) is 2.74. The van der Waals surface area contributed by atoms with E-state index in [4.69, 9.17) is 4.42 Å². The molecule has 2 aromatic carbocycles. The molecule has 0 fully saturated rings. The number of thioether (sulfide) groups is 1. The fourth-order valence-corrected chi connectivity index (χ4v) is 3.08. The summed E-state index contributed by atoms with van der Waals surface area (Å²) in [6.07, 6.45) is 4.87. The van der Waals surface area contributed by atoms with Crippen LogP contribution in [0.4, 0.5) is 0 Å². The van der Waals surface area contributed by atoms with Crippen LogP contribution in [-0.2, 0) is 12.2 Å². The molecule has 0 saturated carbocycles. The van der Waals surface area contributed by atoms with Gasteiger partial charge in [0.2, 0.25) is 5.89 Å². The zero-order chi connectivity index (χ0) is 14.7. The molecule has 21 heavy (non-hydrogen) atoms. The van der Waals surface area contributed by atoms with E-state index in [1.165, 1.54) is 11.1 Å². The van der Waals surface area contributed by atoms with E-state index in [1.807, 2.05) is 42.1 Å². The molecule has 2 nitrogen and oxygen atoms in total. The number of rotatable bonds is 5. The summed E-state index contributed by atoms with van der Waals surface area (Å²) < 4.78 is 5.92. The van der Waals surface area contributed by atoms with Gasteiger partial charge in [-0.25, -0.2) is 4.98 Å². The molecule has 3 aromatic rings. The molecule has 0 N–H and O–H groups in total. The second kappa shape index (κ2) is 6.19. The van der Waals surface area contributed by atoms with Gasteiger partial charge in [-0.3, -0.25) is 0 Å². The van der Waals surface area contributed by atoms with Gasteiger partial charge in [-0.05, 0) is 42.0 Å². The van der Waals surface area contributed by atoms with Gasteiger partial charge in [0, 0.05) is 11.3 Å². The predicted molar refractivity (Wildman–Crippen MR) is 90.6 cm³/mol. The average molecular weight is 295 g/mol. The Morgan fingerprint density at radius 2 is 2.05 bits per heavy atom.